The van der Waals surface area contributed by atoms with E-state index in [2.05, 4.69) is 104 Å². The number of hydrogen-bond acceptors (Lipinski definition) is 15. The molecule has 0 saturated carbocycles. The van der Waals surface area contributed by atoms with Crippen molar-refractivity contribution in [3.8, 4) is 0 Å². The van der Waals surface area contributed by atoms with Crippen LogP contribution >= 0.6 is 141 Å². The Bertz CT molecular complexity index is 1990. The fourth-order valence-electron chi connectivity index (χ4n) is 5.88. The first kappa shape index (κ1) is 70.3. The van der Waals surface area contributed by atoms with Gasteiger partial charge < -0.3 is 27.8 Å². The molecule has 380 valence electrons. The zero-order valence-corrected chi connectivity index (χ0v) is 47.2. The highest BCUT2D eigenvalue weighted by molar-refractivity contribution is 8.93. The van der Waals surface area contributed by atoms with Crippen LogP contribution in [0.2, 0.25) is 0 Å². The molecule has 2 aliphatic rings. The molecule has 7 rings (SSSR count). The highest BCUT2D eigenvalue weighted by Gasteiger charge is 2.16. The summed E-state index contributed by atoms with van der Waals surface area (Å²) in [4.78, 5) is 14.2. The molecule has 4 heterocycles. The lowest BCUT2D eigenvalue weighted by Gasteiger charge is -2.26. The lowest BCUT2D eigenvalue weighted by molar-refractivity contribution is 0.270. The smallest absolute Gasteiger partial charge is 0.159 e. The second kappa shape index (κ2) is 41.6. The van der Waals surface area contributed by atoms with Crippen molar-refractivity contribution in [2.45, 2.75) is 57.1 Å². The summed E-state index contributed by atoms with van der Waals surface area (Å²) < 4.78 is 0. The van der Waals surface area contributed by atoms with Gasteiger partial charge in [0, 0.05) is 36.1 Å². The summed E-state index contributed by atoms with van der Waals surface area (Å²) in [6, 6.07) is 31.6. The van der Waals surface area contributed by atoms with Gasteiger partial charge in [-0.15, -0.1) is 71.2 Å². The van der Waals surface area contributed by atoms with Gasteiger partial charge in [0.15, 0.2) is 20.7 Å². The number of aliphatic imine (C=N–C) groups is 2. The minimum atomic E-state index is 0. The minimum absolute atomic E-state index is 0. The van der Waals surface area contributed by atoms with Crippen LogP contribution in [-0.4, -0.2) is 76.8 Å². The number of halogens is 5. The van der Waals surface area contributed by atoms with Crippen molar-refractivity contribution in [1.82, 2.24) is 20.4 Å². The molecule has 22 heteroatoms. The predicted octanol–water partition coefficient (Wildman–Crippen LogP) is 11.9. The van der Waals surface area contributed by atoms with E-state index in [1.807, 2.05) is 52.5 Å². The van der Waals surface area contributed by atoms with Crippen LogP contribution in [0.1, 0.15) is 53.8 Å². The van der Waals surface area contributed by atoms with Gasteiger partial charge in [0.25, 0.3) is 0 Å². The lowest BCUT2D eigenvalue weighted by Crippen LogP contribution is -2.42. The van der Waals surface area contributed by atoms with Crippen LogP contribution in [-0.2, 0) is 42.3 Å². The maximum atomic E-state index is 7.12. The molecule has 10 N–H and O–H groups in total. The molecule has 0 fully saturated rings. The van der Waals surface area contributed by atoms with Gasteiger partial charge >= 0.3 is 0 Å². The third-order valence-corrected chi connectivity index (χ3v) is 14.5. The van der Waals surface area contributed by atoms with Crippen molar-refractivity contribution in [2.24, 2.45) is 27.2 Å². The number of benzene rings is 3. The molecule has 11 nitrogen and oxygen atoms in total. The molecule has 0 radical (unpaired) electrons. The van der Waals surface area contributed by atoms with Crippen LogP contribution in [0.5, 0.6) is 0 Å². The maximum absolute atomic E-state index is 7.12. The van der Waals surface area contributed by atoms with Gasteiger partial charge in [0.1, 0.15) is 0 Å². The molecule has 0 spiro atoms. The Balaban J connectivity index is -0.00000114. The van der Waals surface area contributed by atoms with Gasteiger partial charge in [-0.25, -0.2) is 9.98 Å². The van der Waals surface area contributed by atoms with E-state index >= 15 is 0 Å². The first-order valence-corrected chi connectivity index (χ1v) is 25.8. The van der Waals surface area contributed by atoms with Gasteiger partial charge in [-0.2, -0.15) is 22.7 Å². The van der Waals surface area contributed by atoms with Crippen molar-refractivity contribution in [3.05, 3.63) is 151 Å². The fourth-order valence-corrected chi connectivity index (χ4v) is 10.9. The Kier molecular flexibility index (Phi) is 43.1. The second-order valence-corrected chi connectivity index (χ2v) is 19.3. The van der Waals surface area contributed by atoms with Crippen LogP contribution < -0.4 is 27.8 Å². The van der Waals surface area contributed by atoms with Crippen molar-refractivity contribution in [3.63, 3.8) is 0 Å². The molecule has 0 bridgehead atoms. The number of hydrogen-bond donors (Lipinski definition) is 7. The minimum Gasteiger partial charge on any atom is -0.379 e. The number of amidine groups is 4. The van der Waals surface area contributed by atoms with E-state index in [9.17, 15) is 0 Å². The highest BCUT2D eigenvalue weighted by atomic mass is 79.9. The van der Waals surface area contributed by atoms with Crippen molar-refractivity contribution >= 4 is 162 Å². The number of nitrogens with two attached hydrogens (primary N) is 3. The number of nitrogens with zero attached hydrogens (tertiary/aromatic N) is 4. The standard InChI is InChI=1S/C28H34N6S3.C8H12N4S3.C8H11N.2CH4.2BrH.3ClH/c1-3-7-23(8-4-1)11-13-33-19-29-27(30-20-33)36-17-25-15-35-16-26(25)18-37-28-31-21-34(22-32-28)14-12-24-9-5-2-6-10-24;9-7(10)14-3-5-1-13-2-6(5)4-15-8(11)12;9-7-6-8-4-2-1-3-5-8;;;;;;;/h1-10,15-16H,11-14,17-22H2,(H,29,30)(H,31,32);1-2H,3-4H2,(H3,9,10)(H3,11,12);1-5H,6-7,9H2;2*1H4;5*1H. The molecule has 68 heavy (non-hydrogen) atoms. The molecule has 0 unspecified atom stereocenters. The Hall–Kier alpha value is -1.95. The summed E-state index contributed by atoms with van der Waals surface area (Å²) in [6.07, 6.45) is 3.10. The van der Waals surface area contributed by atoms with Crippen LogP contribution in [0.15, 0.2) is 123 Å². The van der Waals surface area contributed by atoms with E-state index in [0.29, 0.717) is 11.5 Å². The molecule has 0 saturated heterocycles. The van der Waals surface area contributed by atoms with E-state index in [-0.39, 0.29) is 96.4 Å². The second-order valence-electron chi connectivity index (χ2n) is 13.9. The summed E-state index contributed by atoms with van der Waals surface area (Å²) in [7, 11) is 0. The van der Waals surface area contributed by atoms with E-state index in [0.717, 1.165) is 87.4 Å². The Morgan fingerprint density at radius 1 is 0.544 bits per heavy atom. The third-order valence-electron chi connectivity index (χ3n) is 9.29. The Morgan fingerprint density at radius 2 is 0.868 bits per heavy atom. The summed E-state index contributed by atoms with van der Waals surface area (Å²) >= 11 is 9.64. The van der Waals surface area contributed by atoms with E-state index in [1.165, 1.54) is 62.5 Å². The van der Waals surface area contributed by atoms with E-state index < -0.39 is 0 Å². The van der Waals surface area contributed by atoms with Crippen LogP contribution in [0.25, 0.3) is 0 Å². The van der Waals surface area contributed by atoms with Crippen LogP contribution in [0.4, 0.5) is 0 Å². The lowest BCUT2D eigenvalue weighted by atomic mass is 10.1. The van der Waals surface area contributed by atoms with Crippen molar-refractivity contribution in [2.75, 3.05) is 46.3 Å². The van der Waals surface area contributed by atoms with Gasteiger partial charge in [0.2, 0.25) is 0 Å². The highest BCUT2D eigenvalue weighted by Crippen LogP contribution is 2.27. The number of thioether (sulfide) groups is 4. The predicted molar refractivity (Wildman–Crippen MR) is 327 cm³/mol. The quantitative estimate of drug-likeness (QED) is 0.0369. The average molecular weight is 1240 g/mol. The fraction of sp³-hybridized carbons (Fsp3) is 0.348. The molecule has 0 amide bonds. The van der Waals surface area contributed by atoms with E-state index in [4.69, 9.17) is 38.0 Å². The molecule has 2 aromatic heterocycles. The zero-order chi connectivity index (χ0) is 42.9. The number of rotatable bonds is 16. The first-order chi connectivity index (χ1) is 29.8. The topological polar surface area (TPSA) is 181 Å². The summed E-state index contributed by atoms with van der Waals surface area (Å²) in [5.74, 6) is 3.32. The van der Waals surface area contributed by atoms with Crippen LogP contribution in [0.3, 0.4) is 0 Å². The van der Waals surface area contributed by atoms with Crippen molar-refractivity contribution in [1.29, 1.82) is 10.8 Å². The van der Waals surface area contributed by atoms with Gasteiger partial charge in [-0.1, -0.05) is 153 Å². The Morgan fingerprint density at radius 3 is 1.16 bits per heavy atom. The average Bonchev–Trinajstić information content (AvgIpc) is 3.96. The van der Waals surface area contributed by atoms with Crippen molar-refractivity contribution < 1.29 is 0 Å². The van der Waals surface area contributed by atoms with Gasteiger partial charge in [0.05, 0.1) is 26.7 Å². The summed E-state index contributed by atoms with van der Waals surface area (Å²) in [5, 5.41) is 32.3. The van der Waals surface area contributed by atoms with Gasteiger partial charge in [-0.3, -0.25) is 20.6 Å². The van der Waals surface area contributed by atoms with Gasteiger partial charge in [-0.05, 0) is 86.3 Å². The first-order valence-electron chi connectivity index (χ1n) is 19.9. The largest absolute Gasteiger partial charge is 0.379 e. The molecule has 2 aliphatic heterocycles. The zero-order valence-electron chi connectivity index (χ0n) is 36.4. The van der Waals surface area contributed by atoms with Crippen LogP contribution in [0, 0.1) is 10.8 Å². The number of nitrogens with one attached hydrogen (secondary N) is 4. The Labute approximate surface area is 470 Å². The third kappa shape index (κ3) is 28.2. The molecule has 0 aliphatic carbocycles. The summed E-state index contributed by atoms with van der Waals surface area (Å²) in [5.41, 5.74) is 25.1. The maximum Gasteiger partial charge on any atom is 0.159 e. The number of thiophene rings is 2. The molecular weight excluding hydrogens is 1170 g/mol. The molecular formula is C46H70Br2Cl3N11S6. The molecule has 0 atom stereocenters. The van der Waals surface area contributed by atoms with E-state index in [1.54, 1.807) is 22.7 Å². The normalized spacial score (nSPS) is 12.5. The summed E-state index contributed by atoms with van der Waals surface area (Å²) in [6.45, 7) is 6.03. The monoisotopic (exact) mass is 1230 g/mol. The molecule has 5 aromatic rings. The molecule has 3 aromatic carbocycles. The SMILES string of the molecule is Br.Br.C.C.Cl.Cl.Cl.N=C(N)SCc1cscc1CSC(=N)N.NCCc1ccccc1.c1ccc(CCN2CN=C(SCc3cscc3CSC3=NCN(CCc4ccccc4)CN3)NC2)cc1.